The number of carboxylic acid groups (broad SMARTS) is 1. The molecule has 9 nitrogen and oxygen atoms in total. The van der Waals surface area contributed by atoms with Crippen LogP contribution in [0.4, 0.5) is 11.6 Å². The third-order valence-corrected chi connectivity index (χ3v) is 3.23. The summed E-state index contributed by atoms with van der Waals surface area (Å²) in [5.41, 5.74) is 2.77. The van der Waals surface area contributed by atoms with Gasteiger partial charge >= 0.3 is 5.97 Å². The smallest absolute Gasteiger partial charge is 0.322 e. The van der Waals surface area contributed by atoms with E-state index in [-0.39, 0.29) is 6.54 Å². The summed E-state index contributed by atoms with van der Waals surface area (Å²) in [6.07, 6.45) is 0. The van der Waals surface area contributed by atoms with Crippen LogP contribution in [-0.2, 0) is 9.59 Å². The molecule has 0 unspecified atom stereocenters. The predicted octanol–water partition coefficient (Wildman–Crippen LogP) is 0.768. The van der Waals surface area contributed by atoms with Gasteiger partial charge in [0.2, 0.25) is 11.9 Å². The number of aliphatic carboxylic acids is 1. The second kappa shape index (κ2) is 8.56. The molecule has 136 valence electrons. The minimum Gasteiger partial charge on any atom is -0.480 e. The number of aryl methyl sites for hydroxylation is 2. The predicted molar refractivity (Wildman–Crippen MR) is 94.2 cm³/mol. The molecule has 2 amide bonds. The molecule has 1 aromatic carbocycles. The monoisotopic (exact) mass is 357 g/mol. The first-order valence-electron chi connectivity index (χ1n) is 7.79. The number of nitrogens with zero attached hydrogens (tertiary/aromatic N) is 2. The zero-order valence-corrected chi connectivity index (χ0v) is 14.4. The third kappa shape index (κ3) is 5.86. The molecule has 0 aliphatic rings. The molecule has 0 spiro atoms. The molecule has 0 fully saturated rings. The normalized spacial score (nSPS) is 10.1. The van der Waals surface area contributed by atoms with E-state index in [1.54, 1.807) is 24.3 Å². The number of benzene rings is 1. The van der Waals surface area contributed by atoms with Gasteiger partial charge in [-0.05, 0) is 44.2 Å². The van der Waals surface area contributed by atoms with Gasteiger partial charge in [0.05, 0.1) is 6.54 Å². The lowest BCUT2D eigenvalue weighted by molar-refractivity contribution is -0.137. The number of carbonyl (C=O) groups excluding carboxylic acids is 2. The van der Waals surface area contributed by atoms with Crippen molar-refractivity contribution in [3.8, 4) is 0 Å². The largest absolute Gasteiger partial charge is 0.480 e. The number of nitrogens with one attached hydrogen (secondary N) is 3. The van der Waals surface area contributed by atoms with Crippen molar-refractivity contribution in [2.75, 3.05) is 18.4 Å². The second-order valence-electron chi connectivity index (χ2n) is 5.53. The molecule has 26 heavy (non-hydrogen) atoms. The summed E-state index contributed by atoms with van der Waals surface area (Å²) in [4.78, 5) is 42.3. The van der Waals surface area contributed by atoms with Gasteiger partial charge in [0.15, 0.2) is 0 Å². The van der Waals surface area contributed by atoms with Crippen LogP contribution in [0.5, 0.6) is 0 Å². The van der Waals surface area contributed by atoms with Gasteiger partial charge in [0.1, 0.15) is 6.54 Å². The molecule has 2 aromatic rings. The zero-order valence-electron chi connectivity index (χ0n) is 14.4. The molecule has 4 N–H and O–H groups in total. The van der Waals surface area contributed by atoms with Crippen molar-refractivity contribution in [2.45, 2.75) is 13.8 Å². The SMILES string of the molecule is Cc1cc(C)nc(Nc2ccc(C(=O)NCC(=O)NCC(=O)O)cc2)n1. The number of hydrogen-bond donors (Lipinski definition) is 4. The first-order valence-corrected chi connectivity index (χ1v) is 7.79. The highest BCUT2D eigenvalue weighted by molar-refractivity contribution is 5.97. The average molecular weight is 357 g/mol. The van der Waals surface area contributed by atoms with Gasteiger partial charge in [-0.1, -0.05) is 0 Å². The van der Waals surface area contributed by atoms with Gasteiger partial charge in [0.25, 0.3) is 5.91 Å². The molecular formula is C17H19N5O4. The fourth-order valence-electron chi connectivity index (χ4n) is 2.12. The summed E-state index contributed by atoms with van der Waals surface area (Å²) in [5, 5.41) is 16.1. The number of anilines is 2. The summed E-state index contributed by atoms with van der Waals surface area (Å²) in [6, 6.07) is 8.44. The Bertz CT molecular complexity index is 800. The molecular weight excluding hydrogens is 338 g/mol. The Kier molecular flexibility index (Phi) is 6.20. The van der Waals surface area contributed by atoms with Gasteiger partial charge in [-0.25, -0.2) is 9.97 Å². The maximum absolute atomic E-state index is 12.0. The molecule has 0 atom stereocenters. The molecule has 0 aliphatic carbocycles. The van der Waals surface area contributed by atoms with E-state index in [0.29, 0.717) is 17.2 Å². The number of carboxylic acids is 1. The number of aromatic nitrogens is 2. The fraction of sp³-hybridized carbons (Fsp3) is 0.235. The van der Waals surface area contributed by atoms with Crippen LogP contribution in [0.15, 0.2) is 30.3 Å². The topological polar surface area (TPSA) is 133 Å². The van der Waals surface area contributed by atoms with Crippen LogP contribution >= 0.6 is 0 Å². The Morgan fingerprint density at radius 3 is 2.15 bits per heavy atom. The lowest BCUT2D eigenvalue weighted by Crippen LogP contribution is -2.39. The molecule has 0 saturated carbocycles. The highest BCUT2D eigenvalue weighted by atomic mass is 16.4. The molecule has 1 heterocycles. The van der Waals surface area contributed by atoms with Crippen molar-refractivity contribution in [3.05, 3.63) is 47.3 Å². The van der Waals surface area contributed by atoms with Crippen molar-refractivity contribution < 1.29 is 19.5 Å². The first-order chi connectivity index (χ1) is 12.3. The first kappa shape index (κ1) is 18.8. The van der Waals surface area contributed by atoms with E-state index >= 15 is 0 Å². The van der Waals surface area contributed by atoms with Gasteiger partial charge < -0.3 is 21.1 Å². The molecule has 1 aromatic heterocycles. The van der Waals surface area contributed by atoms with Gasteiger partial charge in [-0.15, -0.1) is 0 Å². The molecule has 0 bridgehead atoms. The van der Waals surface area contributed by atoms with E-state index in [0.717, 1.165) is 11.4 Å². The quantitative estimate of drug-likeness (QED) is 0.575. The van der Waals surface area contributed by atoms with E-state index in [9.17, 15) is 14.4 Å². The molecule has 9 heteroatoms. The van der Waals surface area contributed by atoms with Crippen molar-refractivity contribution in [1.82, 2.24) is 20.6 Å². The number of rotatable bonds is 7. The number of carbonyl (C=O) groups is 3. The summed E-state index contributed by atoms with van der Waals surface area (Å²) in [5.74, 6) is -1.70. The van der Waals surface area contributed by atoms with E-state index in [1.807, 2.05) is 19.9 Å². The van der Waals surface area contributed by atoms with Crippen LogP contribution in [0, 0.1) is 13.8 Å². The lowest BCUT2D eigenvalue weighted by atomic mass is 10.2. The fourth-order valence-corrected chi connectivity index (χ4v) is 2.12. The minimum atomic E-state index is -1.15. The Labute approximate surface area is 149 Å². The van der Waals surface area contributed by atoms with Crippen molar-refractivity contribution >= 4 is 29.4 Å². The van der Waals surface area contributed by atoms with E-state index < -0.39 is 24.3 Å². The molecule has 2 rings (SSSR count). The Balaban J connectivity index is 1.90. The lowest BCUT2D eigenvalue weighted by Gasteiger charge is -2.08. The van der Waals surface area contributed by atoms with Crippen molar-refractivity contribution in [2.24, 2.45) is 0 Å². The summed E-state index contributed by atoms with van der Waals surface area (Å²) in [7, 11) is 0. The third-order valence-electron chi connectivity index (χ3n) is 3.23. The Morgan fingerprint density at radius 2 is 1.58 bits per heavy atom. The Morgan fingerprint density at radius 1 is 0.962 bits per heavy atom. The van der Waals surface area contributed by atoms with Crippen LogP contribution < -0.4 is 16.0 Å². The summed E-state index contributed by atoms with van der Waals surface area (Å²) in [6.45, 7) is 2.96. The van der Waals surface area contributed by atoms with E-state index in [1.165, 1.54) is 0 Å². The van der Waals surface area contributed by atoms with Crippen molar-refractivity contribution in [1.29, 1.82) is 0 Å². The van der Waals surface area contributed by atoms with Crippen LogP contribution in [0.25, 0.3) is 0 Å². The van der Waals surface area contributed by atoms with E-state index in [2.05, 4.69) is 25.9 Å². The average Bonchev–Trinajstić information content (AvgIpc) is 2.57. The molecule has 0 radical (unpaired) electrons. The number of hydrogen-bond acceptors (Lipinski definition) is 6. The molecule has 0 saturated heterocycles. The van der Waals surface area contributed by atoms with Crippen LogP contribution in [0.1, 0.15) is 21.7 Å². The standard InChI is InChI=1S/C17H19N5O4/c1-10-7-11(2)21-17(20-10)22-13-5-3-12(4-6-13)16(26)19-8-14(23)18-9-15(24)25/h3-7H,8-9H2,1-2H3,(H,18,23)(H,19,26)(H,24,25)(H,20,21,22). The molecule has 0 aliphatic heterocycles. The maximum Gasteiger partial charge on any atom is 0.322 e. The second-order valence-corrected chi connectivity index (χ2v) is 5.53. The van der Waals surface area contributed by atoms with Gasteiger partial charge in [-0.2, -0.15) is 0 Å². The van der Waals surface area contributed by atoms with Crippen molar-refractivity contribution in [3.63, 3.8) is 0 Å². The summed E-state index contributed by atoms with van der Waals surface area (Å²) < 4.78 is 0. The van der Waals surface area contributed by atoms with Crippen LogP contribution in [0.2, 0.25) is 0 Å². The summed E-state index contributed by atoms with van der Waals surface area (Å²) >= 11 is 0. The Hall–Kier alpha value is -3.49. The minimum absolute atomic E-state index is 0.303. The van der Waals surface area contributed by atoms with Gasteiger partial charge in [0, 0.05) is 22.6 Å². The van der Waals surface area contributed by atoms with Crippen LogP contribution in [0.3, 0.4) is 0 Å². The van der Waals surface area contributed by atoms with Gasteiger partial charge in [-0.3, -0.25) is 14.4 Å². The highest BCUT2D eigenvalue weighted by Crippen LogP contribution is 2.14. The van der Waals surface area contributed by atoms with Crippen LogP contribution in [-0.4, -0.2) is 45.9 Å². The van der Waals surface area contributed by atoms with E-state index in [4.69, 9.17) is 5.11 Å². The zero-order chi connectivity index (χ0) is 19.1. The number of amides is 2. The maximum atomic E-state index is 12.0. The highest BCUT2D eigenvalue weighted by Gasteiger charge is 2.09.